The lowest BCUT2D eigenvalue weighted by Crippen LogP contribution is -2.44. The van der Waals surface area contributed by atoms with Gasteiger partial charge in [-0.2, -0.15) is 0 Å². The molecule has 2 aromatic rings. The summed E-state index contributed by atoms with van der Waals surface area (Å²) in [5.74, 6) is 0.00760. The highest BCUT2D eigenvalue weighted by Gasteiger charge is 2.29. The van der Waals surface area contributed by atoms with Crippen LogP contribution in [0, 0.1) is 6.92 Å². The van der Waals surface area contributed by atoms with Gasteiger partial charge in [0.25, 0.3) is 5.91 Å². The molecule has 0 saturated carbocycles. The summed E-state index contributed by atoms with van der Waals surface area (Å²) in [6.45, 7) is 8.27. The van der Waals surface area contributed by atoms with E-state index in [9.17, 15) is 4.79 Å². The van der Waals surface area contributed by atoms with Crippen LogP contribution in [0.5, 0.6) is 0 Å². The lowest BCUT2D eigenvalue weighted by molar-refractivity contribution is 0.0626. The van der Waals surface area contributed by atoms with Crippen LogP contribution in [0.2, 0.25) is 0 Å². The minimum Gasteiger partial charge on any atom is -0.397 e. The van der Waals surface area contributed by atoms with E-state index < -0.39 is 0 Å². The fourth-order valence-corrected chi connectivity index (χ4v) is 3.24. The van der Waals surface area contributed by atoms with Crippen LogP contribution < -0.4 is 5.73 Å². The molecule has 20 heavy (non-hydrogen) atoms. The highest BCUT2D eigenvalue weighted by atomic mass is 32.1. The van der Waals surface area contributed by atoms with E-state index in [0.29, 0.717) is 10.6 Å². The molecule has 2 rings (SSSR count). The van der Waals surface area contributed by atoms with Crippen LogP contribution in [0.25, 0.3) is 10.1 Å². The summed E-state index contributed by atoms with van der Waals surface area (Å²) in [6, 6.07) is 6.11. The standard InChI is InChI=1S/C16H22N2OS/c1-6-16(3,4)18(5)15(19)14-13(17)11-8-7-10(2)9-12(11)20-14/h7-9H,6,17H2,1-5H3. The molecular formula is C16H22N2OS. The van der Waals surface area contributed by atoms with Crippen LogP contribution in [0.4, 0.5) is 5.69 Å². The largest absolute Gasteiger partial charge is 0.397 e. The normalized spacial score (nSPS) is 11.8. The average Bonchev–Trinajstić information content (AvgIpc) is 2.73. The Morgan fingerprint density at radius 3 is 2.65 bits per heavy atom. The molecule has 1 aromatic heterocycles. The van der Waals surface area contributed by atoms with Gasteiger partial charge in [0.2, 0.25) is 0 Å². The third-order valence-corrected chi connectivity index (χ3v) is 5.31. The lowest BCUT2D eigenvalue weighted by atomic mass is 9.99. The molecule has 0 spiro atoms. The van der Waals surface area contributed by atoms with Gasteiger partial charge in [0.1, 0.15) is 4.88 Å². The Hall–Kier alpha value is -1.55. The number of nitrogen functional groups attached to an aromatic ring is 1. The molecule has 0 aliphatic heterocycles. The highest BCUT2D eigenvalue weighted by Crippen LogP contribution is 2.35. The van der Waals surface area contributed by atoms with Crippen molar-refractivity contribution in [1.82, 2.24) is 4.90 Å². The van der Waals surface area contributed by atoms with Crippen molar-refractivity contribution in [2.45, 2.75) is 39.7 Å². The Bertz CT molecular complexity index is 658. The minimum atomic E-state index is -0.171. The second-order valence-electron chi connectivity index (χ2n) is 5.87. The molecule has 0 bridgehead atoms. The van der Waals surface area contributed by atoms with E-state index in [1.807, 2.05) is 26.1 Å². The zero-order chi connectivity index (χ0) is 15.1. The Morgan fingerprint density at radius 1 is 1.40 bits per heavy atom. The van der Waals surface area contributed by atoms with Crippen molar-refractivity contribution in [2.24, 2.45) is 0 Å². The smallest absolute Gasteiger partial charge is 0.266 e. The number of amides is 1. The molecule has 0 fully saturated rings. The van der Waals surface area contributed by atoms with Gasteiger partial charge < -0.3 is 10.6 Å². The highest BCUT2D eigenvalue weighted by molar-refractivity contribution is 7.21. The first-order chi connectivity index (χ1) is 9.27. The monoisotopic (exact) mass is 290 g/mol. The van der Waals surface area contributed by atoms with Gasteiger partial charge >= 0.3 is 0 Å². The Kier molecular flexibility index (Phi) is 3.78. The second-order valence-corrected chi connectivity index (χ2v) is 6.93. The first-order valence-electron chi connectivity index (χ1n) is 6.84. The molecule has 1 heterocycles. The molecule has 0 radical (unpaired) electrons. The number of anilines is 1. The van der Waals surface area contributed by atoms with Crippen LogP contribution in [-0.2, 0) is 0 Å². The van der Waals surface area contributed by atoms with Crippen LogP contribution in [0.15, 0.2) is 18.2 Å². The first-order valence-corrected chi connectivity index (χ1v) is 7.66. The van der Waals surface area contributed by atoms with Crippen LogP contribution in [0.1, 0.15) is 42.4 Å². The van der Waals surface area contributed by atoms with Crippen molar-refractivity contribution in [3.63, 3.8) is 0 Å². The summed E-state index contributed by atoms with van der Waals surface area (Å²) < 4.78 is 1.08. The molecule has 0 saturated heterocycles. The van der Waals surface area contributed by atoms with Crippen molar-refractivity contribution in [3.05, 3.63) is 28.6 Å². The summed E-state index contributed by atoms with van der Waals surface area (Å²) in [5.41, 5.74) is 7.79. The van der Waals surface area contributed by atoms with Crippen molar-refractivity contribution in [2.75, 3.05) is 12.8 Å². The van der Waals surface area contributed by atoms with Crippen molar-refractivity contribution >= 4 is 33.0 Å². The number of rotatable bonds is 3. The maximum absolute atomic E-state index is 12.7. The SMILES string of the molecule is CCC(C)(C)N(C)C(=O)c1sc2cc(C)ccc2c1N. The molecular weight excluding hydrogens is 268 g/mol. The molecule has 0 atom stereocenters. The predicted octanol–water partition coefficient (Wildman–Crippen LogP) is 4.05. The van der Waals surface area contributed by atoms with Gasteiger partial charge in [0.05, 0.1) is 5.69 Å². The summed E-state index contributed by atoms with van der Waals surface area (Å²) in [4.78, 5) is 15.1. The van der Waals surface area contributed by atoms with Gasteiger partial charge in [-0.15, -0.1) is 11.3 Å². The van der Waals surface area contributed by atoms with Gasteiger partial charge in [-0.05, 0) is 38.8 Å². The minimum absolute atomic E-state index is 0.00760. The second kappa shape index (κ2) is 5.09. The maximum atomic E-state index is 12.7. The van der Waals surface area contributed by atoms with E-state index in [4.69, 9.17) is 5.73 Å². The zero-order valence-corrected chi connectivity index (χ0v) is 13.6. The first kappa shape index (κ1) is 14.9. The fraction of sp³-hybridized carbons (Fsp3) is 0.438. The van der Waals surface area contributed by atoms with E-state index in [1.54, 1.807) is 4.90 Å². The van der Waals surface area contributed by atoms with Gasteiger partial charge in [-0.25, -0.2) is 0 Å². The molecule has 108 valence electrons. The quantitative estimate of drug-likeness (QED) is 0.927. The molecule has 1 aromatic carbocycles. The number of carbonyl (C=O) groups is 1. The number of benzene rings is 1. The van der Waals surface area contributed by atoms with Crippen LogP contribution in [0.3, 0.4) is 0 Å². The van der Waals surface area contributed by atoms with Crippen LogP contribution in [-0.4, -0.2) is 23.4 Å². The third kappa shape index (κ3) is 2.40. The number of nitrogens with zero attached hydrogens (tertiary/aromatic N) is 1. The number of hydrogen-bond donors (Lipinski definition) is 1. The van der Waals surface area contributed by atoms with Gasteiger partial charge in [-0.1, -0.05) is 19.1 Å². The molecule has 0 aliphatic carbocycles. The Labute approximate surface area is 124 Å². The summed E-state index contributed by atoms with van der Waals surface area (Å²) in [5, 5.41) is 0.978. The maximum Gasteiger partial charge on any atom is 0.266 e. The van der Waals surface area contributed by atoms with E-state index in [-0.39, 0.29) is 11.4 Å². The molecule has 2 N–H and O–H groups in total. The Balaban J connectivity index is 2.48. The summed E-state index contributed by atoms with van der Waals surface area (Å²) in [6.07, 6.45) is 0.902. The van der Waals surface area contributed by atoms with E-state index >= 15 is 0 Å². The van der Waals surface area contributed by atoms with Crippen molar-refractivity contribution < 1.29 is 4.79 Å². The number of fused-ring (bicyclic) bond motifs is 1. The van der Waals surface area contributed by atoms with Gasteiger partial charge in [0, 0.05) is 22.7 Å². The Morgan fingerprint density at radius 2 is 2.05 bits per heavy atom. The number of nitrogens with two attached hydrogens (primary N) is 1. The molecule has 4 heteroatoms. The van der Waals surface area contributed by atoms with E-state index in [1.165, 1.54) is 16.9 Å². The average molecular weight is 290 g/mol. The third-order valence-electron chi connectivity index (χ3n) is 4.16. The molecule has 1 amide bonds. The number of thiophene rings is 1. The lowest BCUT2D eigenvalue weighted by Gasteiger charge is -2.34. The zero-order valence-electron chi connectivity index (χ0n) is 12.8. The fourth-order valence-electron chi connectivity index (χ4n) is 2.05. The van der Waals surface area contributed by atoms with Crippen molar-refractivity contribution in [3.8, 4) is 0 Å². The summed E-state index contributed by atoms with van der Waals surface area (Å²) >= 11 is 1.48. The summed E-state index contributed by atoms with van der Waals surface area (Å²) in [7, 11) is 1.85. The van der Waals surface area contributed by atoms with Gasteiger partial charge in [-0.3, -0.25) is 4.79 Å². The number of hydrogen-bond acceptors (Lipinski definition) is 3. The predicted molar refractivity (Wildman–Crippen MR) is 87.4 cm³/mol. The topological polar surface area (TPSA) is 46.3 Å². The van der Waals surface area contributed by atoms with Gasteiger partial charge in [0.15, 0.2) is 0 Å². The molecule has 0 aliphatic rings. The van der Waals surface area contributed by atoms with E-state index in [2.05, 4.69) is 26.8 Å². The molecule has 0 unspecified atom stereocenters. The van der Waals surface area contributed by atoms with E-state index in [0.717, 1.165) is 16.5 Å². The number of carbonyl (C=O) groups excluding carboxylic acids is 1. The number of aryl methyl sites for hydroxylation is 1. The van der Waals surface area contributed by atoms with Crippen molar-refractivity contribution in [1.29, 1.82) is 0 Å². The van der Waals surface area contributed by atoms with Crippen LogP contribution >= 0.6 is 11.3 Å². The molecule has 3 nitrogen and oxygen atoms in total.